The molecule has 2 aliphatic rings. The molecule has 0 radical (unpaired) electrons. The maximum atomic E-state index is 6.11. The van der Waals surface area contributed by atoms with Crippen LogP contribution < -0.4 is 4.90 Å². The summed E-state index contributed by atoms with van der Waals surface area (Å²) in [4.78, 5) is 7.13. The highest BCUT2D eigenvalue weighted by atomic mass is 16.3. The van der Waals surface area contributed by atoms with Crippen LogP contribution in [0.4, 0.5) is 17.1 Å². The van der Waals surface area contributed by atoms with Crippen LogP contribution in [0.25, 0.3) is 100 Å². The summed E-state index contributed by atoms with van der Waals surface area (Å²) in [6.07, 6.45) is 0. The summed E-state index contributed by atoms with van der Waals surface area (Å²) in [7, 11) is 0. The average Bonchev–Trinajstić information content (AvgIpc) is 4.11. The summed E-state index contributed by atoms with van der Waals surface area (Å²) in [5.41, 5.74) is 28.4. The zero-order chi connectivity index (χ0) is 51.1. The van der Waals surface area contributed by atoms with Crippen molar-refractivity contribution in [1.82, 2.24) is 4.98 Å². The van der Waals surface area contributed by atoms with Gasteiger partial charge < -0.3 is 9.32 Å². The molecule has 0 saturated heterocycles. The van der Waals surface area contributed by atoms with Crippen molar-refractivity contribution < 1.29 is 4.42 Å². The number of hydrogen-bond donors (Lipinski definition) is 0. The van der Waals surface area contributed by atoms with Gasteiger partial charge in [0.05, 0.1) is 0 Å². The van der Waals surface area contributed by atoms with Gasteiger partial charge >= 0.3 is 0 Å². The van der Waals surface area contributed by atoms with Crippen LogP contribution in [-0.4, -0.2) is 4.98 Å². The van der Waals surface area contributed by atoms with Crippen LogP contribution in [0.2, 0.25) is 0 Å². The van der Waals surface area contributed by atoms with Gasteiger partial charge in [0.2, 0.25) is 5.89 Å². The van der Waals surface area contributed by atoms with Gasteiger partial charge in [-0.15, -0.1) is 0 Å². The minimum Gasteiger partial charge on any atom is -0.436 e. The SMILES string of the molecule is CC1(C)c2ccccc2-c2ccc(-c3ccc(N(c4ccc(-c5ccc6c(c5)C(C)(C)c5ccccc5-6)cc4)c4ccc(-c5ccccc5-c5ccccc5-c5ccc(-c6nc7ccccc7o6)cc5)cc4)cc3)cc21. The summed E-state index contributed by atoms with van der Waals surface area (Å²) in [5, 5.41) is 0. The molecule has 0 unspecified atom stereocenters. The van der Waals surface area contributed by atoms with Crippen LogP contribution in [-0.2, 0) is 10.8 Å². The van der Waals surface area contributed by atoms with E-state index in [1.807, 2.05) is 24.3 Å². The van der Waals surface area contributed by atoms with E-state index in [0.717, 1.165) is 50.4 Å². The maximum Gasteiger partial charge on any atom is 0.227 e. The number of fused-ring (bicyclic) bond motifs is 7. The number of aromatic nitrogens is 1. The van der Waals surface area contributed by atoms with Gasteiger partial charge in [-0.1, -0.05) is 210 Å². The molecule has 3 nitrogen and oxygen atoms in total. The molecule has 0 bridgehead atoms. The van der Waals surface area contributed by atoms with Crippen molar-refractivity contribution in [2.75, 3.05) is 4.90 Å². The zero-order valence-corrected chi connectivity index (χ0v) is 43.1. The van der Waals surface area contributed by atoms with Crippen LogP contribution >= 0.6 is 0 Å². The first kappa shape index (κ1) is 45.3. The van der Waals surface area contributed by atoms with Crippen LogP contribution in [0, 0.1) is 0 Å². The summed E-state index contributed by atoms with van der Waals surface area (Å²) < 4.78 is 6.11. The molecule has 0 aliphatic heterocycles. The fraction of sp³-hybridized carbons (Fsp3) is 0.0822. The molecule has 1 heterocycles. The van der Waals surface area contributed by atoms with Crippen molar-refractivity contribution >= 4 is 28.2 Å². The lowest BCUT2D eigenvalue weighted by Crippen LogP contribution is -2.14. The van der Waals surface area contributed by atoms with Crippen LogP contribution in [0.5, 0.6) is 0 Å². The molecule has 0 atom stereocenters. The van der Waals surface area contributed by atoms with Crippen molar-refractivity contribution in [3.05, 3.63) is 277 Å². The molecular formula is C73H54N2O. The van der Waals surface area contributed by atoms with E-state index in [1.54, 1.807) is 0 Å². The van der Waals surface area contributed by atoms with Gasteiger partial charge in [0.1, 0.15) is 5.52 Å². The van der Waals surface area contributed by atoms with E-state index < -0.39 is 0 Å². The molecule has 1 aromatic heterocycles. The van der Waals surface area contributed by atoms with Gasteiger partial charge in [-0.3, -0.25) is 0 Å². The Balaban J connectivity index is 0.808. The normalized spacial score (nSPS) is 13.5. The van der Waals surface area contributed by atoms with Gasteiger partial charge in [-0.25, -0.2) is 4.98 Å². The lowest BCUT2D eigenvalue weighted by Gasteiger charge is -2.26. The van der Waals surface area contributed by atoms with E-state index in [2.05, 4.69) is 263 Å². The Morgan fingerprint density at radius 1 is 0.289 bits per heavy atom. The first-order valence-electron chi connectivity index (χ1n) is 26.4. The third kappa shape index (κ3) is 7.45. The molecule has 14 rings (SSSR count). The van der Waals surface area contributed by atoms with E-state index in [4.69, 9.17) is 9.40 Å². The molecule has 11 aromatic carbocycles. The molecule has 0 amide bonds. The Morgan fingerprint density at radius 3 is 1.09 bits per heavy atom. The number of para-hydroxylation sites is 2. The minimum absolute atomic E-state index is 0.0655. The fourth-order valence-electron chi connectivity index (χ4n) is 12.3. The average molecular weight is 975 g/mol. The molecule has 0 N–H and O–H groups in total. The van der Waals surface area contributed by atoms with Crippen molar-refractivity contribution in [3.63, 3.8) is 0 Å². The number of anilines is 3. The highest BCUT2D eigenvalue weighted by Crippen LogP contribution is 2.51. The quantitative estimate of drug-likeness (QED) is 0.144. The third-order valence-electron chi connectivity index (χ3n) is 16.4. The predicted octanol–water partition coefficient (Wildman–Crippen LogP) is 19.9. The number of nitrogens with zero attached hydrogens (tertiary/aromatic N) is 2. The second kappa shape index (κ2) is 17.7. The number of rotatable bonds is 9. The molecule has 0 spiro atoms. The Kier molecular flexibility index (Phi) is 10.5. The summed E-state index contributed by atoms with van der Waals surface area (Å²) >= 11 is 0. The number of oxazole rings is 1. The summed E-state index contributed by atoms with van der Waals surface area (Å²) in [5.74, 6) is 0.624. The minimum atomic E-state index is -0.0655. The Morgan fingerprint density at radius 2 is 0.632 bits per heavy atom. The summed E-state index contributed by atoms with van der Waals surface area (Å²) in [6, 6.07) is 93.0. The van der Waals surface area contributed by atoms with Crippen molar-refractivity contribution in [2.24, 2.45) is 0 Å². The molecule has 362 valence electrons. The lowest BCUT2D eigenvalue weighted by atomic mass is 9.81. The van der Waals surface area contributed by atoms with Crippen molar-refractivity contribution in [3.8, 4) is 89.3 Å². The predicted molar refractivity (Wildman–Crippen MR) is 316 cm³/mol. The topological polar surface area (TPSA) is 29.3 Å². The van der Waals surface area contributed by atoms with Gasteiger partial charge in [0, 0.05) is 33.5 Å². The highest BCUT2D eigenvalue weighted by Gasteiger charge is 2.36. The van der Waals surface area contributed by atoms with Crippen molar-refractivity contribution in [1.29, 1.82) is 0 Å². The standard InChI is InChI=1S/C73H54N2O/c1-72(2)65-21-11-9-19-61(65)63-43-35-52(45-67(63)72)47-29-37-54(38-30-47)75(55-39-31-48(32-40-55)53-36-44-64-62-20-10-12-22-66(62)73(3,4)68(64)46-53)56-41-33-50(34-42-56)58-16-6-8-18-60(58)59-17-7-5-15-57(59)49-25-27-51(28-26-49)71-74-69-23-13-14-24-70(69)76-71/h5-46H,1-4H3. The van der Waals surface area contributed by atoms with E-state index in [-0.39, 0.29) is 10.8 Å². The Labute approximate surface area is 445 Å². The van der Waals surface area contributed by atoms with E-state index in [9.17, 15) is 0 Å². The Bertz CT molecular complexity index is 4010. The zero-order valence-electron chi connectivity index (χ0n) is 43.1. The van der Waals surface area contributed by atoms with E-state index >= 15 is 0 Å². The van der Waals surface area contributed by atoms with E-state index in [1.165, 1.54) is 83.5 Å². The van der Waals surface area contributed by atoms with Crippen LogP contribution in [0.15, 0.2) is 259 Å². The molecule has 3 heteroatoms. The molecule has 76 heavy (non-hydrogen) atoms. The van der Waals surface area contributed by atoms with Crippen LogP contribution in [0.3, 0.4) is 0 Å². The number of benzene rings is 11. The molecule has 12 aromatic rings. The van der Waals surface area contributed by atoms with Crippen LogP contribution in [0.1, 0.15) is 49.9 Å². The highest BCUT2D eigenvalue weighted by molar-refractivity contribution is 5.93. The smallest absolute Gasteiger partial charge is 0.227 e. The Hall–Kier alpha value is -9.31. The summed E-state index contributed by atoms with van der Waals surface area (Å²) in [6.45, 7) is 9.40. The molecule has 0 fully saturated rings. The van der Waals surface area contributed by atoms with Crippen molar-refractivity contribution in [2.45, 2.75) is 38.5 Å². The second-order valence-electron chi connectivity index (χ2n) is 21.5. The van der Waals surface area contributed by atoms with Gasteiger partial charge in [0.25, 0.3) is 0 Å². The monoisotopic (exact) mass is 974 g/mol. The largest absolute Gasteiger partial charge is 0.436 e. The third-order valence-corrected chi connectivity index (χ3v) is 16.4. The fourth-order valence-corrected chi connectivity index (χ4v) is 12.3. The first-order chi connectivity index (χ1) is 37.2. The molecular weight excluding hydrogens is 921 g/mol. The maximum absolute atomic E-state index is 6.11. The second-order valence-corrected chi connectivity index (χ2v) is 21.5. The van der Waals surface area contributed by atoms with Gasteiger partial charge in [-0.05, 0) is 173 Å². The van der Waals surface area contributed by atoms with Gasteiger partial charge in [-0.2, -0.15) is 0 Å². The molecule has 0 saturated carbocycles. The lowest BCUT2D eigenvalue weighted by molar-refractivity contribution is 0.620. The number of hydrogen-bond acceptors (Lipinski definition) is 3. The van der Waals surface area contributed by atoms with E-state index in [0.29, 0.717) is 5.89 Å². The first-order valence-corrected chi connectivity index (χ1v) is 26.4. The van der Waals surface area contributed by atoms with Gasteiger partial charge in [0.15, 0.2) is 5.58 Å². The molecule has 2 aliphatic carbocycles.